The van der Waals surface area contributed by atoms with E-state index < -0.39 is 0 Å². The highest BCUT2D eigenvalue weighted by Crippen LogP contribution is 2.33. The van der Waals surface area contributed by atoms with Gasteiger partial charge in [0.1, 0.15) is 0 Å². The molecule has 0 unspecified atom stereocenters. The third-order valence-electron chi connectivity index (χ3n) is 5.73. The summed E-state index contributed by atoms with van der Waals surface area (Å²) in [7, 11) is 0. The lowest BCUT2D eigenvalue weighted by atomic mass is 9.92. The van der Waals surface area contributed by atoms with Crippen molar-refractivity contribution in [1.29, 1.82) is 0 Å². The normalized spacial score (nSPS) is 17.7. The first-order valence-electron chi connectivity index (χ1n) is 10.3. The van der Waals surface area contributed by atoms with Crippen molar-refractivity contribution in [2.24, 2.45) is 23.0 Å². The summed E-state index contributed by atoms with van der Waals surface area (Å²) in [5.74, 6) is 0.740. The van der Waals surface area contributed by atoms with E-state index in [1.807, 2.05) is 29.2 Å². The van der Waals surface area contributed by atoms with Crippen molar-refractivity contribution < 1.29 is 9.59 Å². The lowest BCUT2D eigenvalue weighted by molar-refractivity contribution is -0.134. The Morgan fingerprint density at radius 2 is 1.70 bits per heavy atom. The molecule has 0 heterocycles. The highest BCUT2D eigenvalue weighted by molar-refractivity contribution is 5.92. The van der Waals surface area contributed by atoms with E-state index in [-0.39, 0.29) is 29.1 Å². The van der Waals surface area contributed by atoms with Gasteiger partial charge >= 0.3 is 0 Å². The number of anilines is 1. The van der Waals surface area contributed by atoms with Crippen LogP contribution in [0.4, 0.5) is 5.69 Å². The number of amides is 2. The molecule has 1 aromatic rings. The van der Waals surface area contributed by atoms with Crippen LogP contribution in [0.25, 0.3) is 0 Å². The highest BCUT2D eigenvalue weighted by atomic mass is 16.2. The van der Waals surface area contributed by atoms with Crippen LogP contribution in [0.5, 0.6) is 0 Å². The summed E-state index contributed by atoms with van der Waals surface area (Å²) >= 11 is 0. The van der Waals surface area contributed by atoms with Gasteiger partial charge in [-0.05, 0) is 55.3 Å². The number of nitrogens with two attached hydrogens (primary N) is 1. The molecule has 5 nitrogen and oxygen atoms in total. The third-order valence-corrected chi connectivity index (χ3v) is 5.73. The zero-order chi connectivity index (χ0) is 19.4. The molecule has 2 saturated carbocycles. The monoisotopic (exact) mass is 371 g/mol. The summed E-state index contributed by atoms with van der Waals surface area (Å²) in [6, 6.07) is 7.89. The van der Waals surface area contributed by atoms with Gasteiger partial charge in [0, 0.05) is 30.6 Å². The number of nitrogens with zero attached hydrogens (tertiary/aromatic N) is 1. The van der Waals surface area contributed by atoms with Gasteiger partial charge in [-0.25, -0.2) is 0 Å². The standard InChI is InChI=1S/C22H33N3O2/c1-22(2,14-23)15-25(21(27)18-9-10-18)13-16-7-11-19(12-8-16)24-20(26)17-5-3-4-6-17/h7-8,11-12,17-18H,3-6,9-10,13-15,23H2,1-2H3,(H,24,26). The Bertz CT molecular complexity index is 659. The molecule has 0 aliphatic heterocycles. The molecule has 0 radical (unpaired) electrons. The number of rotatable bonds is 8. The number of carbonyl (C=O) groups is 2. The molecular weight excluding hydrogens is 338 g/mol. The molecular formula is C22H33N3O2. The minimum absolute atomic E-state index is 0.0975. The van der Waals surface area contributed by atoms with Gasteiger partial charge in [0.15, 0.2) is 0 Å². The lowest BCUT2D eigenvalue weighted by Gasteiger charge is -2.32. The Hall–Kier alpha value is -1.88. The summed E-state index contributed by atoms with van der Waals surface area (Å²) in [6.45, 7) is 6.01. The molecule has 3 rings (SSSR count). The number of nitrogens with one attached hydrogen (secondary N) is 1. The van der Waals surface area contributed by atoms with Crippen LogP contribution >= 0.6 is 0 Å². The Balaban J connectivity index is 1.61. The van der Waals surface area contributed by atoms with Crippen LogP contribution in [0.2, 0.25) is 0 Å². The molecule has 2 fully saturated rings. The molecule has 27 heavy (non-hydrogen) atoms. The van der Waals surface area contributed by atoms with Crippen LogP contribution < -0.4 is 11.1 Å². The van der Waals surface area contributed by atoms with E-state index in [1.165, 1.54) is 0 Å². The molecule has 5 heteroatoms. The molecule has 0 aromatic heterocycles. The second kappa shape index (κ2) is 8.42. The van der Waals surface area contributed by atoms with Crippen LogP contribution in [-0.4, -0.2) is 29.8 Å². The molecule has 148 valence electrons. The van der Waals surface area contributed by atoms with Gasteiger partial charge in [0.25, 0.3) is 0 Å². The van der Waals surface area contributed by atoms with Crippen molar-refractivity contribution in [2.75, 3.05) is 18.4 Å². The fourth-order valence-electron chi connectivity index (χ4n) is 3.73. The van der Waals surface area contributed by atoms with Crippen LogP contribution in [-0.2, 0) is 16.1 Å². The molecule has 0 saturated heterocycles. The van der Waals surface area contributed by atoms with Gasteiger partial charge in [-0.1, -0.05) is 38.8 Å². The number of carbonyl (C=O) groups excluding carboxylic acids is 2. The predicted molar refractivity (Wildman–Crippen MR) is 108 cm³/mol. The lowest BCUT2D eigenvalue weighted by Crippen LogP contribution is -2.42. The maximum absolute atomic E-state index is 12.7. The molecule has 0 atom stereocenters. The molecule has 3 N–H and O–H groups in total. The van der Waals surface area contributed by atoms with Crippen molar-refractivity contribution >= 4 is 17.5 Å². The van der Waals surface area contributed by atoms with E-state index >= 15 is 0 Å². The van der Waals surface area contributed by atoms with Gasteiger partial charge in [-0.3, -0.25) is 9.59 Å². The molecule has 2 amide bonds. The molecule has 0 spiro atoms. The van der Waals surface area contributed by atoms with Crippen molar-refractivity contribution in [1.82, 2.24) is 4.90 Å². The quantitative estimate of drug-likeness (QED) is 0.734. The van der Waals surface area contributed by atoms with Gasteiger partial charge < -0.3 is 16.0 Å². The minimum Gasteiger partial charge on any atom is -0.338 e. The van der Waals surface area contributed by atoms with Gasteiger partial charge in [-0.2, -0.15) is 0 Å². The summed E-state index contributed by atoms with van der Waals surface area (Å²) in [5.41, 5.74) is 7.69. The Morgan fingerprint density at radius 1 is 1.07 bits per heavy atom. The average molecular weight is 372 g/mol. The van der Waals surface area contributed by atoms with Crippen LogP contribution in [0, 0.1) is 17.3 Å². The summed E-state index contributed by atoms with van der Waals surface area (Å²) in [5, 5.41) is 3.03. The zero-order valence-corrected chi connectivity index (χ0v) is 16.7. The second-order valence-electron chi connectivity index (χ2n) is 9.00. The maximum atomic E-state index is 12.7. The smallest absolute Gasteiger partial charge is 0.227 e. The first kappa shape index (κ1) is 19.9. The van der Waals surface area contributed by atoms with Gasteiger partial charge in [0.2, 0.25) is 11.8 Å². The van der Waals surface area contributed by atoms with Crippen molar-refractivity contribution in [3.8, 4) is 0 Å². The van der Waals surface area contributed by atoms with Crippen molar-refractivity contribution in [2.45, 2.75) is 58.9 Å². The third kappa shape index (κ3) is 5.55. The fraction of sp³-hybridized carbons (Fsp3) is 0.636. The van der Waals surface area contributed by atoms with E-state index in [0.29, 0.717) is 19.6 Å². The average Bonchev–Trinajstić information content (AvgIpc) is 3.35. The highest BCUT2D eigenvalue weighted by Gasteiger charge is 2.35. The first-order chi connectivity index (χ1) is 12.9. The number of benzene rings is 1. The molecule has 2 aliphatic carbocycles. The Labute approximate surface area is 162 Å². The van der Waals surface area contributed by atoms with E-state index in [9.17, 15) is 9.59 Å². The predicted octanol–water partition coefficient (Wildman–Crippen LogP) is 3.54. The van der Waals surface area contributed by atoms with Crippen LogP contribution in [0.1, 0.15) is 57.9 Å². The molecule has 2 aliphatic rings. The topological polar surface area (TPSA) is 75.4 Å². The largest absolute Gasteiger partial charge is 0.338 e. The Kier molecular flexibility index (Phi) is 6.20. The minimum atomic E-state index is -0.0975. The van der Waals surface area contributed by atoms with E-state index in [0.717, 1.165) is 49.8 Å². The van der Waals surface area contributed by atoms with E-state index in [4.69, 9.17) is 5.73 Å². The summed E-state index contributed by atoms with van der Waals surface area (Å²) in [4.78, 5) is 26.9. The number of hydrogen-bond donors (Lipinski definition) is 2. The molecule has 1 aromatic carbocycles. The summed E-state index contributed by atoms with van der Waals surface area (Å²) < 4.78 is 0. The zero-order valence-electron chi connectivity index (χ0n) is 16.7. The first-order valence-corrected chi connectivity index (χ1v) is 10.3. The van der Waals surface area contributed by atoms with E-state index in [1.54, 1.807) is 0 Å². The Morgan fingerprint density at radius 3 is 2.26 bits per heavy atom. The van der Waals surface area contributed by atoms with Crippen molar-refractivity contribution in [3.63, 3.8) is 0 Å². The maximum Gasteiger partial charge on any atom is 0.227 e. The fourth-order valence-corrected chi connectivity index (χ4v) is 3.73. The SMILES string of the molecule is CC(C)(CN)CN(Cc1ccc(NC(=O)C2CCCC2)cc1)C(=O)C1CC1. The van der Waals surface area contributed by atoms with Crippen molar-refractivity contribution in [3.05, 3.63) is 29.8 Å². The van der Waals surface area contributed by atoms with Crippen LogP contribution in [0.15, 0.2) is 24.3 Å². The summed E-state index contributed by atoms with van der Waals surface area (Å²) in [6.07, 6.45) is 6.31. The second-order valence-corrected chi connectivity index (χ2v) is 9.00. The molecule has 0 bridgehead atoms. The van der Waals surface area contributed by atoms with Gasteiger partial charge in [0.05, 0.1) is 0 Å². The van der Waals surface area contributed by atoms with Crippen LogP contribution in [0.3, 0.4) is 0 Å². The number of hydrogen-bond acceptors (Lipinski definition) is 3. The van der Waals surface area contributed by atoms with Gasteiger partial charge in [-0.15, -0.1) is 0 Å². The van der Waals surface area contributed by atoms with E-state index in [2.05, 4.69) is 19.2 Å².